The molecule has 2 aromatic rings. The van der Waals surface area contributed by atoms with Crippen LogP contribution in [0.2, 0.25) is 5.02 Å². The summed E-state index contributed by atoms with van der Waals surface area (Å²) in [5.41, 5.74) is 9.42. The second-order valence-corrected chi connectivity index (χ2v) is 4.63. The molecular weight excluding hydrogens is 232 g/mol. The molecule has 0 fully saturated rings. The van der Waals surface area contributed by atoms with E-state index in [-0.39, 0.29) is 6.04 Å². The van der Waals surface area contributed by atoms with Crippen LogP contribution in [0.4, 0.5) is 0 Å². The second kappa shape index (κ2) is 5.30. The zero-order valence-electron chi connectivity index (χ0n) is 9.73. The Morgan fingerprint density at radius 3 is 2.59 bits per heavy atom. The van der Waals surface area contributed by atoms with Crippen molar-refractivity contribution in [3.05, 3.63) is 64.4 Å². The van der Waals surface area contributed by atoms with E-state index in [0.29, 0.717) is 0 Å². The van der Waals surface area contributed by atoms with Gasteiger partial charge in [-0.1, -0.05) is 23.7 Å². The lowest BCUT2D eigenvalue weighted by molar-refractivity contribution is 0.695. The van der Waals surface area contributed by atoms with E-state index >= 15 is 0 Å². The first kappa shape index (κ1) is 12.1. The van der Waals surface area contributed by atoms with Gasteiger partial charge in [0.15, 0.2) is 0 Å². The zero-order valence-corrected chi connectivity index (χ0v) is 10.5. The van der Waals surface area contributed by atoms with Crippen LogP contribution in [-0.2, 0) is 6.42 Å². The van der Waals surface area contributed by atoms with Crippen LogP contribution in [0, 0.1) is 6.92 Å². The summed E-state index contributed by atoms with van der Waals surface area (Å²) in [7, 11) is 0. The summed E-state index contributed by atoms with van der Waals surface area (Å²) >= 11 is 5.84. The van der Waals surface area contributed by atoms with Crippen molar-refractivity contribution in [1.82, 2.24) is 4.98 Å². The summed E-state index contributed by atoms with van der Waals surface area (Å²) in [6, 6.07) is 11.7. The fourth-order valence-corrected chi connectivity index (χ4v) is 1.87. The molecule has 0 amide bonds. The Labute approximate surface area is 106 Å². The molecule has 1 heterocycles. The molecule has 0 aliphatic rings. The number of halogens is 1. The van der Waals surface area contributed by atoms with Crippen molar-refractivity contribution < 1.29 is 0 Å². The monoisotopic (exact) mass is 246 g/mol. The molecule has 1 aromatic heterocycles. The molecule has 0 bridgehead atoms. The van der Waals surface area contributed by atoms with Gasteiger partial charge in [-0.2, -0.15) is 0 Å². The van der Waals surface area contributed by atoms with Crippen LogP contribution in [0.15, 0.2) is 42.6 Å². The minimum Gasteiger partial charge on any atom is -0.322 e. The molecule has 0 aliphatic carbocycles. The maximum absolute atomic E-state index is 6.14. The van der Waals surface area contributed by atoms with Crippen LogP contribution < -0.4 is 5.73 Å². The van der Waals surface area contributed by atoms with Crippen LogP contribution >= 0.6 is 11.6 Å². The van der Waals surface area contributed by atoms with Gasteiger partial charge in [0.05, 0.1) is 11.7 Å². The third-order valence-electron chi connectivity index (χ3n) is 2.69. The highest BCUT2D eigenvalue weighted by molar-refractivity contribution is 6.30. The van der Waals surface area contributed by atoms with Crippen molar-refractivity contribution in [2.24, 2.45) is 5.73 Å². The first-order valence-corrected chi connectivity index (χ1v) is 5.95. The molecule has 2 nitrogen and oxygen atoms in total. The van der Waals surface area contributed by atoms with Gasteiger partial charge in [-0.25, -0.2) is 0 Å². The fourth-order valence-electron chi connectivity index (χ4n) is 1.74. The lowest BCUT2D eigenvalue weighted by Crippen LogP contribution is -2.14. The van der Waals surface area contributed by atoms with Crippen LogP contribution in [0.25, 0.3) is 0 Å². The largest absolute Gasteiger partial charge is 0.322 e. The molecule has 0 aliphatic heterocycles. The molecule has 0 saturated heterocycles. The van der Waals surface area contributed by atoms with E-state index < -0.39 is 0 Å². The van der Waals surface area contributed by atoms with Gasteiger partial charge in [0, 0.05) is 11.2 Å². The topological polar surface area (TPSA) is 38.9 Å². The average molecular weight is 247 g/mol. The highest BCUT2D eigenvalue weighted by Crippen LogP contribution is 2.17. The molecular formula is C14H15ClN2. The minimum absolute atomic E-state index is 0.0731. The van der Waals surface area contributed by atoms with Gasteiger partial charge < -0.3 is 5.73 Å². The van der Waals surface area contributed by atoms with Crippen LogP contribution in [0.5, 0.6) is 0 Å². The molecule has 3 heteroatoms. The first-order chi connectivity index (χ1) is 8.15. The molecule has 1 atom stereocenters. The Kier molecular flexibility index (Phi) is 3.77. The van der Waals surface area contributed by atoms with E-state index in [1.807, 2.05) is 43.3 Å². The van der Waals surface area contributed by atoms with Crippen molar-refractivity contribution in [3.8, 4) is 0 Å². The lowest BCUT2D eigenvalue weighted by Gasteiger charge is -2.11. The van der Waals surface area contributed by atoms with Crippen molar-refractivity contribution >= 4 is 11.6 Å². The molecule has 2 rings (SSSR count). The Hall–Kier alpha value is -1.38. The highest BCUT2D eigenvalue weighted by atomic mass is 35.5. The predicted molar refractivity (Wildman–Crippen MR) is 71.1 cm³/mol. The number of hydrogen-bond donors (Lipinski definition) is 1. The van der Waals surface area contributed by atoms with E-state index in [1.54, 1.807) is 6.20 Å². The number of hydrogen-bond acceptors (Lipinski definition) is 2. The predicted octanol–water partition coefficient (Wildman–Crippen LogP) is 3.29. The van der Waals surface area contributed by atoms with E-state index in [9.17, 15) is 0 Å². The maximum Gasteiger partial charge on any atom is 0.0577 e. The summed E-state index contributed by atoms with van der Waals surface area (Å²) in [4.78, 5) is 4.30. The third-order valence-corrected chi connectivity index (χ3v) is 2.94. The summed E-state index contributed by atoms with van der Waals surface area (Å²) in [6.07, 6.45) is 2.57. The van der Waals surface area contributed by atoms with E-state index in [1.165, 1.54) is 11.1 Å². The highest BCUT2D eigenvalue weighted by Gasteiger charge is 2.08. The second-order valence-electron chi connectivity index (χ2n) is 4.20. The van der Waals surface area contributed by atoms with Crippen molar-refractivity contribution in [2.45, 2.75) is 19.4 Å². The van der Waals surface area contributed by atoms with Crippen LogP contribution in [0.1, 0.15) is 22.9 Å². The standard InChI is InChI=1S/C14H15ClN2/c1-10-6-7-17-14(8-10)13(16)9-11-2-4-12(15)5-3-11/h2-8,13H,9,16H2,1H3. The minimum atomic E-state index is -0.0731. The van der Waals surface area contributed by atoms with Gasteiger partial charge in [-0.3, -0.25) is 4.98 Å². The molecule has 0 radical (unpaired) electrons. The molecule has 0 saturated carbocycles. The van der Waals surface area contributed by atoms with Crippen LogP contribution in [0.3, 0.4) is 0 Å². The van der Waals surface area contributed by atoms with Gasteiger partial charge in [0.1, 0.15) is 0 Å². The smallest absolute Gasteiger partial charge is 0.0577 e. The summed E-state index contributed by atoms with van der Waals surface area (Å²) in [5.74, 6) is 0. The number of rotatable bonds is 3. The fraction of sp³-hybridized carbons (Fsp3) is 0.214. The van der Waals surface area contributed by atoms with Gasteiger partial charge in [-0.05, 0) is 48.7 Å². The Bertz CT molecular complexity index is 494. The number of aromatic nitrogens is 1. The SMILES string of the molecule is Cc1ccnc(C(N)Cc2ccc(Cl)cc2)c1. The van der Waals surface area contributed by atoms with Crippen molar-refractivity contribution in [3.63, 3.8) is 0 Å². The van der Waals surface area contributed by atoms with Gasteiger partial charge in [-0.15, -0.1) is 0 Å². The number of aryl methyl sites for hydroxylation is 1. The van der Waals surface area contributed by atoms with Gasteiger partial charge >= 0.3 is 0 Å². The Morgan fingerprint density at radius 2 is 1.94 bits per heavy atom. The number of nitrogens with two attached hydrogens (primary N) is 1. The van der Waals surface area contributed by atoms with Gasteiger partial charge in [0.25, 0.3) is 0 Å². The van der Waals surface area contributed by atoms with E-state index in [4.69, 9.17) is 17.3 Å². The van der Waals surface area contributed by atoms with Crippen LogP contribution in [-0.4, -0.2) is 4.98 Å². The number of pyridine rings is 1. The normalized spacial score (nSPS) is 12.4. The van der Waals surface area contributed by atoms with E-state index in [0.717, 1.165) is 17.1 Å². The average Bonchev–Trinajstić information content (AvgIpc) is 2.32. The lowest BCUT2D eigenvalue weighted by atomic mass is 10.0. The van der Waals surface area contributed by atoms with Crippen molar-refractivity contribution in [2.75, 3.05) is 0 Å². The molecule has 17 heavy (non-hydrogen) atoms. The summed E-state index contributed by atoms with van der Waals surface area (Å²) < 4.78 is 0. The summed E-state index contributed by atoms with van der Waals surface area (Å²) in [6.45, 7) is 2.04. The molecule has 88 valence electrons. The Morgan fingerprint density at radius 1 is 1.24 bits per heavy atom. The number of benzene rings is 1. The maximum atomic E-state index is 6.14. The summed E-state index contributed by atoms with van der Waals surface area (Å²) in [5, 5.41) is 0.746. The Balaban J connectivity index is 2.11. The third kappa shape index (κ3) is 3.29. The quantitative estimate of drug-likeness (QED) is 0.903. The molecule has 0 spiro atoms. The van der Waals surface area contributed by atoms with E-state index in [2.05, 4.69) is 4.98 Å². The zero-order chi connectivity index (χ0) is 12.3. The molecule has 1 unspecified atom stereocenters. The van der Waals surface area contributed by atoms with Crippen molar-refractivity contribution in [1.29, 1.82) is 0 Å². The first-order valence-electron chi connectivity index (χ1n) is 5.58. The molecule has 1 aromatic carbocycles. The number of nitrogens with zero attached hydrogens (tertiary/aromatic N) is 1. The molecule has 2 N–H and O–H groups in total. The van der Waals surface area contributed by atoms with Gasteiger partial charge in [0.2, 0.25) is 0 Å².